The largest absolute Gasteiger partial charge is 0.490 e. The number of rotatable bonds is 2. The minimum atomic E-state index is -0.243. The second-order valence-corrected chi connectivity index (χ2v) is 4.47. The van der Waals surface area contributed by atoms with Crippen LogP contribution in [-0.2, 0) is 11.2 Å². The van der Waals surface area contributed by atoms with E-state index in [1.165, 1.54) is 12.1 Å². The number of aryl methyl sites for hydroxylation is 1. The third-order valence-corrected chi connectivity index (χ3v) is 2.76. The van der Waals surface area contributed by atoms with Gasteiger partial charge in [0.1, 0.15) is 17.7 Å². The summed E-state index contributed by atoms with van der Waals surface area (Å²) in [5, 5.41) is 0. The van der Waals surface area contributed by atoms with Crippen LogP contribution in [0.5, 0.6) is 5.75 Å². The average Bonchev–Trinajstić information content (AvgIpc) is 2.17. The quantitative estimate of drug-likeness (QED) is 0.774. The first-order valence-electron chi connectivity index (χ1n) is 4.78. The maximum Gasteiger partial charge on any atom is 0.201 e. The minimum absolute atomic E-state index is 0.0574. The van der Waals surface area contributed by atoms with E-state index in [1.54, 1.807) is 6.07 Å². The van der Waals surface area contributed by atoms with E-state index in [2.05, 4.69) is 15.9 Å². The Morgan fingerprint density at radius 3 is 3.13 bits per heavy atom. The summed E-state index contributed by atoms with van der Waals surface area (Å²) in [4.78, 5) is 10.9. The van der Waals surface area contributed by atoms with Crippen molar-refractivity contribution >= 4 is 20.6 Å². The lowest BCUT2D eigenvalue weighted by atomic mass is 10.0. The van der Waals surface area contributed by atoms with Gasteiger partial charge in [-0.3, -0.25) is 4.79 Å². The summed E-state index contributed by atoms with van der Waals surface area (Å²) >= 11 is 2.88. The molecule has 1 aliphatic rings. The fourth-order valence-electron chi connectivity index (χ4n) is 1.74. The van der Waals surface area contributed by atoms with Crippen LogP contribution in [0.25, 0.3) is 0 Å². The lowest BCUT2D eigenvalue weighted by molar-refractivity contribution is -0.111. The molecule has 2 rings (SSSR count). The van der Waals surface area contributed by atoms with Gasteiger partial charge in [-0.15, -0.1) is 0 Å². The Morgan fingerprint density at radius 1 is 1.60 bits per heavy atom. The first-order valence-corrected chi connectivity index (χ1v) is 5.58. The Bertz CT molecular complexity index is 392. The Kier molecular flexibility index (Phi) is 3.05. The molecule has 0 aromatic heterocycles. The zero-order valence-electron chi connectivity index (χ0n) is 8.00. The minimum Gasteiger partial charge on any atom is -0.490 e. The topological polar surface area (TPSA) is 26.3 Å². The van der Waals surface area contributed by atoms with Crippen LogP contribution in [0.3, 0.4) is 0 Å². The SMILES string of the molecule is O=C(Br)CC1CCc2cc(F)ccc2O1. The van der Waals surface area contributed by atoms with Gasteiger partial charge < -0.3 is 4.74 Å². The number of ether oxygens (including phenoxy) is 1. The highest BCUT2D eigenvalue weighted by Gasteiger charge is 2.21. The van der Waals surface area contributed by atoms with Crippen molar-refractivity contribution < 1.29 is 13.9 Å². The zero-order chi connectivity index (χ0) is 10.8. The Morgan fingerprint density at radius 2 is 2.40 bits per heavy atom. The van der Waals surface area contributed by atoms with Crippen molar-refractivity contribution in [1.82, 2.24) is 0 Å². The first kappa shape index (κ1) is 10.6. The summed E-state index contributed by atoms with van der Waals surface area (Å²) in [7, 11) is 0. The van der Waals surface area contributed by atoms with E-state index in [-0.39, 0.29) is 16.6 Å². The summed E-state index contributed by atoms with van der Waals surface area (Å²) in [5.41, 5.74) is 0.883. The summed E-state index contributed by atoms with van der Waals surface area (Å²) in [5.74, 6) is 0.453. The van der Waals surface area contributed by atoms with E-state index < -0.39 is 0 Å². The van der Waals surface area contributed by atoms with Crippen molar-refractivity contribution in [2.24, 2.45) is 0 Å². The highest BCUT2D eigenvalue weighted by atomic mass is 79.9. The Labute approximate surface area is 95.6 Å². The number of carbonyl (C=O) groups is 1. The fourth-order valence-corrected chi connectivity index (χ4v) is 2.10. The van der Waals surface area contributed by atoms with Crippen LogP contribution < -0.4 is 4.74 Å². The molecule has 1 aromatic rings. The molecule has 0 amide bonds. The van der Waals surface area contributed by atoms with Crippen molar-refractivity contribution in [1.29, 1.82) is 0 Å². The van der Waals surface area contributed by atoms with Crippen LogP contribution in [0.1, 0.15) is 18.4 Å². The highest BCUT2D eigenvalue weighted by molar-refractivity contribution is 9.18. The molecule has 0 saturated heterocycles. The van der Waals surface area contributed by atoms with Gasteiger partial charge in [-0.05, 0) is 52.5 Å². The van der Waals surface area contributed by atoms with Crippen LogP contribution in [-0.4, -0.2) is 10.8 Å². The molecule has 0 fully saturated rings. The molecule has 0 bridgehead atoms. The van der Waals surface area contributed by atoms with E-state index in [0.29, 0.717) is 12.2 Å². The van der Waals surface area contributed by atoms with Crippen molar-refractivity contribution in [3.05, 3.63) is 29.6 Å². The van der Waals surface area contributed by atoms with Crippen LogP contribution in [0, 0.1) is 5.82 Å². The number of halogens is 2. The third-order valence-electron chi connectivity index (χ3n) is 2.44. The molecule has 1 heterocycles. The van der Waals surface area contributed by atoms with Crippen LogP contribution in [0.15, 0.2) is 18.2 Å². The standard InChI is InChI=1S/C11H10BrFO2/c12-11(14)6-9-3-1-7-5-8(13)2-4-10(7)15-9/h2,4-5,9H,1,3,6H2. The molecule has 1 aliphatic heterocycles. The molecule has 1 atom stereocenters. The Balaban J connectivity index is 2.13. The second-order valence-electron chi connectivity index (χ2n) is 3.59. The van der Waals surface area contributed by atoms with Crippen LogP contribution in [0.2, 0.25) is 0 Å². The monoisotopic (exact) mass is 272 g/mol. The van der Waals surface area contributed by atoms with Gasteiger partial charge >= 0.3 is 0 Å². The lowest BCUT2D eigenvalue weighted by Gasteiger charge is -2.25. The number of benzene rings is 1. The van der Waals surface area contributed by atoms with Crippen molar-refractivity contribution in [3.8, 4) is 5.75 Å². The van der Waals surface area contributed by atoms with Gasteiger partial charge in [0.05, 0.1) is 6.42 Å². The van der Waals surface area contributed by atoms with Gasteiger partial charge in [0.2, 0.25) is 4.69 Å². The maximum absolute atomic E-state index is 12.9. The molecule has 0 spiro atoms. The smallest absolute Gasteiger partial charge is 0.201 e. The fraction of sp³-hybridized carbons (Fsp3) is 0.364. The van der Waals surface area contributed by atoms with Gasteiger partial charge in [0.25, 0.3) is 0 Å². The third kappa shape index (κ3) is 2.56. The number of fused-ring (bicyclic) bond motifs is 1. The predicted molar refractivity (Wildman–Crippen MR) is 57.7 cm³/mol. The van der Waals surface area contributed by atoms with E-state index >= 15 is 0 Å². The molecule has 2 nitrogen and oxygen atoms in total. The summed E-state index contributed by atoms with van der Waals surface area (Å²) in [6.45, 7) is 0. The van der Waals surface area contributed by atoms with Gasteiger partial charge in [-0.2, -0.15) is 0 Å². The molecule has 0 N–H and O–H groups in total. The maximum atomic E-state index is 12.9. The molecule has 0 aliphatic carbocycles. The lowest BCUT2D eigenvalue weighted by Crippen LogP contribution is -2.24. The molecule has 80 valence electrons. The highest BCUT2D eigenvalue weighted by Crippen LogP contribution is 2.29. The van der Waals surface area contributed by atoms with E-state index in [9.17, 15) is 9.18 Å². The first-order chi connectivity index (χ1) is 7.15. The summed E-state index contributed by atoms with van der Waals surface area (Å²) < 4.78 is 18.4. The molecule has 1 unspecified atom stereocenters. The average molecular weight is 273 g/mol. The van der Waals surface area contributed by atoms with Crippen molar-refractivity contribution in [2.45, 2.75) is 25.4 Å². The number of hydrogen-bond donors (Lipinski definition) is 0. The molecule has 1 aromatic carbocycles. The van der Waals surface area contributed by atoms with Gasteiger partial charge in [0, 0.05) is 0 Å². The molecule has 4 heteroatoms. The zero-order valence-corrected chi connectivity index (χ0v) is 9.59. The Hall–Kier alpha value is -0.900. The van der Waals surface area contributed by atoms with E-state index in [0.717, 1.165) is 18.4 Å². The van der Waals surface area contributed by atoms with Crippen molar-refractivity contribution in [3.63, 3.8) is 0 Å². The molecular formula is C11H10BrFO2. The molecule has 0 saturated carbocycles. The summed E-state index contributed by atoms with van der Waals surface area (Å²) in [6, 6.07) is 4.48. The number of carbonyl (C=O) groups excluding carboxylic acids is 1. The molecule has 0 radical (unpaired) electrons. The van der Waals surface area contributed by atoms with Crippen LogP contribution in [0.4, 0.5) is 4.39 Å². The molecule has 15 heavy (non-hydrogen) atoms. The van der Waals surface area contributed by atoms with E-state index in [4.69, 9.17) is 4.74 Å². The predicted octanol–water partition coefficient (Wildman–Crippen LogP) is 2.83. The second kappa shape index (κ2) is 4.31. The van der Waals surface area contributed by atoms with Gasteiger partial charge in [-0.1, -0.05) is 0 Å². The van der Waals surface area contributed by atoms with Crippen molar-refractivity contribution in [2.75, 3.05) is 0 Å². The number of hydrogen-bond acceptors (Lipinski definition) is 2. The van der Waals surface area contributed by atoms with Gasteiger partial charge in [0.15, 0.2) is 0 Å². The van der Waals surface area contributed by atoms with E-state index in [1.807, 2.05) is 0 Å². The molecular weight excluding hydrogens is 263 g/mol. The normalized spacial score (nSPS) is 19.2. The summed E-state index contributed by atoms with van der Waals surface area (Å²) in [6.07, 6.45) is 1.79. The van der Waals surface area contributed by atoms with Gasteiger partial charge in [-0.25, -0.2) is 4.39 Å². The van der Waals surface area contributed by atoms with Crippen LogP contribution >= 0.6 is 15.9 Å².